The molecule has 112 valence electrons. The number of phenols is 1. The molecule has 0 spiro atoms. The topological polar surface area (TPSA) is 20.2 Å². The maximum atomic E-state index is 10.9. The Bertz CT molecular complexity index is 625. The Hall–Kier alpha value is -1.76. The molecule has 0 aliphatic carbocycles. The first-order chi connectivity index (χ1) is 9.62. The van der Waals surface area contributed by atoms with Gasteiger partial charge in [-0.05, 0) is 27.5 Å². The van der Waals surface area contributed by atoms with Crippen molar-refractivity contribution < 1.29 is 5.11 Å². The third-order valence-corrected chi connectivity index (χ3v) is 3.86. The van der Waals surface area contributed by atoms with E-state index in [4.69, 9.17) is 0 Å². The van der Waals surface area contributed by atoms with Crippen molar-refractivity contribution in [2.45, 2.75) is 52.4 Å². The van der Waals surface area contributed by atoms with Crippen molar-refractivity contribution in [3.05, 3.63) is 53.6 Å². The molecule has 2 rings (SSSR count). The second kappa shape index (κ2) is 5.22. The number of hydrogen-bond acceptors (Lipinski definition) is 1. The molecule has 0 saturated carbocycles. The van der Waals surface area contributed by atoms with Gasteiger partial charge in [0.05, 0.1) is 0 Å². The highest BCUT2D eigenvalue weighted by molar-refractivity contribution is 5.77. The highest BCUT2D eigenvalue weighted by Crippen LogP contribution is 2.44. The SMILES string of the molecule is CC(C)(C)c1ccc(C(C)(C)C)c(-c2ccccc2)c1O. The molecule has 0 bridgehead atoms. The fourth-order valence-corrected chi connectivity index (χ4v) is 2.72. The van der Waals surface area contributed by atoms with E-state index in [1.165, 1.54) is 5.56 Å². The molecule has 0 unspecified atom stereocenters. The van der Waals surface area contributed by atoms with Crippen LogP contribution in [0.15, 0.2) is 42.5 Å². The van der Waals surface area contributed by atoms with Gasteiger partial charge in [-0.1, -0.05) is 84.0 Å². The first-order valence-electron chi connectivity index (χ1n) is 7.54. The van der Waals surface area contributed by atoms with Gasteiger partial charge >= 0.3 is 0 Å². The van der Waals surface area contributed by atoms with E-state index in [9.17, 15) is 5.11 Å². The highest BCUT2D eigenvalue weighted by Gasteiger charge is 2.26. The molecule has 0 aliphatic rings. The van der Waals surface area contributed by atoms with Gasteiger partial charge in [0.1, 0.15) is 5.75 Å². The molecule has 0 fully saturated rings. The van der Waals surface area contributed by atoms with Crippen molar-refractivity contribution in [2.24, 2.45) is 0 Å². The third kappa shape index (κ3) is 3.12. The summed E-state index contributed by atoms with van der Waals surface area (Å²) in [5, 5.41) is 10.9. The van der Waals surface area contributed by atoms with Crippen LogP contribution in [0, 0.1) is 0 Å². The summed E-state index contributed by atoms with van der Waals surface area (Å²) >= 11 is 0. The van der Waals surface area contributed by atoms with Gasteiger partial charge in [0, 0.05) is 5.56 Å². The van der Waals surface area contributed by atoms with Gasteiger partial charge in [0.2, 0.25) is 0 Å². The minimum atomic E-state index is -0.0793. The molecule has 1 N–H and O–H groups in total. The zero-order chi connectivity index (χ0) is 15.8. The Balaban J connectivity index is 2.80. The van der Waals surface area contributed by atoms with Gasteiger partial charge in [-0.15, -0.1) is 0 Å². The number of rotatable bonds is 1. The van der Waals surface area contributed by atoms with Gasteiger partial charge < -0.3 is 5.11 Å². The normalized spacial score (nSPS) is 12.5. The number of hydrogen-bond donors (Lipinski definition) is 1. The predicted octanol–water partition coefficient (Wildman–Crippen LogP) is 5.65. The average molecular weight is 282 g/mol. The van der Waals surface area contributed by atoms with Crippen LogP contribution < -0.4 is 0 Å². The van der Waals surface area contributed by atoms with Crippen molar-refractivity contribution in [1.82, 2.24) is 0 Å². The van der Waals surface area contributed by atoms with Crippen molar-refractivity contribution in [1.29, 1.82) is 0 Å². The molecule has 0 atom stereocenters. The van der Waals surface area contributed by atoms with E-state index in [-0.39, 0.29) is 10.8 Å². The Morgan fingerprint density at radius 1 is 0.667 bits per heavy atom. The van der Waals surface area contributed by atoms with Crippen molar-refractivity contribution in [2.75, 3.05) is 0 Å². The van der Waals surface area contributed by atoms with Crippen LogP contribution in [0.4, 0.5) is 0 Å². The second-order valence-electron chi connectivity index (χ2n) is 7.75. The van der Waals surface area contributed by atoms with E-state index >= 15 is 0 Å². The largest absolute Gasteiger partial charge is 0.507 e. The first-order valence-corrected chi connectivity index (χ1v) is 7.54. The standard InChI is InChI=1S/C20H26O/c1-19(2,3)15-12-13-16(20(4,5)6)18(21)17(15)14-10-8-7-9-11-14/h7-13,21H,1-6H3. The van der Waals surface area contributed by atoms with Crippen LogP contribution in [0.3, 0.4) is 0 Å². The van der Waals surface area contributed by atoms with Crippen LogP contribution in [0.25, 0.3) is 11.1 Å². The Morgan fingerprint density at radius 2 is 1.14 bits per heavy atom. The molecule has 21 heavy (non-hydrogen) atoms. The quantitative estimate of drug-likeness (QED) is 0.716. The van der Waals surface area contributed by atoms with E-state index < -0.39 is 0 Å². The molecule has 1 heteroatoms. The minimum Gasteiger partial charge on any atom is -0.507 e. The smallest absolute Gasteiger partial charge is 0.127 e. The maximum Gasteiger partial charge on any atom is 0.127 e. The Morgan fingerprint density at radius 3 is 1.62 bits per heavy atom. The van der Waals surface area contributed by atoms with Crippen LogP contribution in [0.5, 0.6) is 5.75 Å². The van der Waals surface area contributed by atoms with E-state index in [1.54, 1.807) is 0 Å². The Labute approximate surface area is 128 Å². The van der Waals surface area contributed by atoms with Crippen molar-refractivity contribution in [3.63, 3.8) is 0 Å². The third-order valence-electron chi connectivity index (χ3n) is 3.86. The van der Waals surface area contributed by atoms with Crippen LogP contribution in [-0.4, -0.2) is 5.11 Å². The van der Waals surface area contributed by atoms with Crippen LogP contribution in [-0.2, 0) is 10.8 Å². The fraction of sp³-hybridized carbons (Fsp3) is 0.400. The molecule has 0 aromatic heterocycles. The van der Waals surface area contributed by atoms with Crippen molar-refractivity contribution in [3.8, 4) is 16.9 Å². The molecule has 0 radical (unpaired) electrons. The van der Waals surface area contributed by atoms with E-state index in [1.807, 2.05) is 18.2 Å². The van der Waals surface area contributed by atoms with Gasteiger partial charge in [0.25, 0.3) is 0 Å². The average Bonchev–Trinajstić information content (AvgIpc) is 2.36. The summed E-state index contributed by atoms with van der Waals surface area (Å²) in [6.07, 6.45) is 0. The summed E-state index contributed by atoms with van der Waals surface area (Å²) in [6.45, 7) is 13.0. The minimum absolute atomic E-state index is 0.0148. The van der Waals surface area contributed by atoms with E-state index in [0.29, 0.717) is 5.75 Å². The molecular formula is C20H26O. The molecular weight excluding hydrogens is 256 g/mol. The maximum absolute atomic E-state index is 10.9. The molecule has 0 aliphatic heterocycles. The first kappa shape index (κ1) is 15.6. The molecule has 2 aromatic rings. The lowest BCUT2D eigenvalue weighted by molar-refractivity contribution is 0.445. The molecule has 0 saturated heterocycles. The van der Waals surface area contributed by atoms with E-state index in [0.717, 1.165) is 16.7 Å². The summed E-state index contributed by atoms with van der Waals surface area (Å²) in [5.41, 5.74) is 4.12. The van der Waals surface area contributed by atoms with Crippen LogP contribution >= 0.6 is 0 Å². The molecule has 0 heterocycles. The Kier molecular flexibility index (Phi) is 3.88. The molecule has 0 amide bonds. The second-order valence-corrected chi connectivity index (χ2v) is 7.75. The predicted molar refractivity (Wildman–Crippen MR) is 90.9 cm³/mol. The lowest BCUT2D eigenvalue weighted by Crippen LogP contribution is -2.16. The van der Waals surface area contributed by atoms with Crippen molar-refractivity contribution >= 4 is 0 Å². The molecule has 2 aromatic carbocycles. The molecule has 1 nitrogen and oxygen atoms in total. The summed E-state index contributed by atoms with van der Waals surface area (Å²) in [6, 6.07) is 14.4. The summed E-state index contributed by atoms with van der Waals surface area (Å²) in [5.74, 6) is 0.418. The monoisotopic (exact) mass is 282 g/mol. The lowest BCUT2D eigenvalue weighted by Gasteiger charge is -2.28. The zero-order valence-electron chi connectivity index (χ0n) is 14.0. The van der Waals surface area contributed by atoms with E-state index in [2.05, 4.69) is 65.8 Å². The van der Waals surface area contributed by atoms with Gasteiger partial charge in [-0.3, -0.25) is 0 Å². The number of phenolic OH excluding ortho intramolecular Hbond substituents is 1. The summed E-state index contributed by atoms with van der Waals surface area (Å²) in [7, 11) is 0. The lowest BCUT2D eigenvalue weighted by atomic mass is 9.77. The van der Waals surface area contributed by atoms with Crippen LogP contribution in [0.1, 0.15) is 52.7 Å². The van der Waals surface area contributed by atoms with Crippen LogP contribution in [0.2, 0.25) is 0 Å². The number of benzene rings is 2. The summed E-state index contributed by atoms with van der Waals surface area (Å²) < 4.78 is 0. The highest BCUT2D eigenvalue weighted by atomic mass is 16.3. The van der Waals surface area contributed by atoms with Gasteiger partial charge in [-0.25, -0.2) is 0 Å². The fourth-order valence-electron chi connectivity index (χ4n) is 2.72. The zero-order valence-corrected chi connectivity index (χ0v) is 14.0. The van der Waals surface area contributed by atoms with Gasteiger partial charge in [-0.2, -0.15) is 0 Å². The van der Waals surface area contributed by atoms with Gasteiger partial charge in [0.15, 0.2) is 0 Å². The number of aromatic hydroxyl groups is 1. The summed E-state index contributed by atoms with van der Waals surface area (Å²) in [4.78, 5) is 0.